The van der Waals surface area contributed by atoms with Crippen LogP contribution in [0.3, 0.4) is 0 Å². The molecule has 0 aliphatic rings. The van der Waals surface area contributed by atoms with Crippen LogP contribution >= 0.6 is 23.3 Å². The number of ether oxygens (including phenoxy) is 1. The normalized spacial score (nSPS) is 10.9. The van der Waals surface area contributed by atoms with E-state index in [1.165, 1.54) is 10.3 Å². The van der Waals surface area contributed by atoms with Crippen LogP contribution in [0.2, 0.25) is 0 Å². The first-order valence-corrected chi connectivity index (χ1v) is 11.5. The van der Waals surface area contributed by atoms with E-state index in [0.717, 1.165) is 33.1 Å². The third-order valence-electron chi connectivity index (χ3n) is 4.57. The number of thiazole rings is 1. The summed E-state index contributed by atoms with van der Waals surface area (Å²) >= 11 is 3.33. The number of carbonyl (C=O) groups is 1. The molecule has 0 aliphatic heterocycles. The first kappa shape index (κ1) is 20.4. The van der Waals surface area contributed by atoms with Crippen molar-refractivity contribution < 1.29 is 9.53 Å². The molecule has 4 aromatic rings. The quantitative estimate of drug-likeness (QED) is 0.259. The number of hydrogen-bond acceptors (Lipinski definition) is 6. The Morgan fingerprint density at radius 2 is 1.83 bits per heavy atom. The largest absolute Gasteiger partial charge is 0.462 e. The van der Waals surface area contributed by atoms with E-state index < -0.39 is 0 Å². The lowest BCUT2D eigenvalue weighted by Gasteiger charge is -2.07. The molecule has 30 heavy (non-hydrogen) atoms. The maximum atomic E-state index is 11.7. The van der Waals surface area contributed by atoms with Crippen molar-refractivity contribution in [2.45, 2.75) is 19.6 Å². The van der Waals surface area contributed by atoms with Crippen molar-refractivity contribution in [1.82, 2.24) is 4.98 Å². The minimum Gasteiger partial charge on any atom is -0.462 e. The number of esters is 1. The van der Waals surface area contributed by atoms with Crippen molar-refractivity contribution in [3.05, 3.63) is 83.4 Å². The number of nitrogens with one attached hydrogen (secondary N) is 1. The molecule has 0 radical (unpaired) electrons. The molecule has 0 saturated carbocycles. The number of aromatic nitrogens is 1. The SMILES string of the molecule is CCOC(=O)c1ccc(CSNc2ccc(-c3nc4ccc(C)cc4s3)cc2)cc1. The van der Waals surface area contributed by atoms with Crippen molar-refractivity contribution in [2.75, 3.05) is 11.3 Å². The van der Waals surface area contributed by atoms with Gasteiger partial charge in [-0.1, -0.05) is 18.2 Å². The smallest absolute Gasteiger partial charge is 0.338 e. The molecule has 1 N–H and O–H groups in total. The Morgan fingerprint density at radius 1 is 1.07 bits per heavy atom. The van der Waals surface area contributed by atoms with E-state index in [4.69, 9.17) is 9.72 Å². The van der Waals surface area contributed by atoms with Crippen LogP contribution in [0.15, 0.2) is 66.7 Å². The lowest BCUT2D eigenvalue weighted by Crippen LogP contribution is -2.04. The molecule has 0 bridgehead atoms. The van der Waals surface area contributed by atoms with E-state index >= 15 is 0 Å². The Hall–Kier alpha value is -2.83. The highest BCUT2D eigenvalue weighted by molar-refractivity contribution is 7.99. The fourth-order valence-electron chi connectivity index (χ4n) is 2.99. The summed E-state index contributed by atoms with van der Waals surface area (Å²) in [6, 6.07) is 22.2. The van der Waals surface area contributed by atoms with Crippen LogP contribution in [0.1, 0.15) is 28.4 Å². The molecular weight excluding hydrogens is 412 g/mol. The third kappa shape index (κ3) is 4.83. The number of aryl methyl sites for hydroxylation is 1. The summed E-state index contributed by atoms with van der Waals surface area (Å²) in [6.07, 6.45) is 0. The molecule has 0 spiro atoms. The zero-order valence-electron chi connectivity index (χ0n) is 16.8. The predicted molar refractivity (Wildman–Crippen MR) is 127 cm³/mol. The Balaban J connectivity index is 1.34. The molecule has 0 aliphatic carbocycles. The second kappa shape index (κ2) is 9.32. The molecule has 0 amide bonds. The fraction of sp³-hybridized carbons (Fsp3) is 0.167. The van der Waals surface area contributed by atoms with Gasteiger partial charge in [-0.2, -0.15) is 0 Å². The average molecular weight is 435 g/mol. The molecule has 4 rings (SSSR count). The summed E-state index contributed by atoms with van der Waals surface area (Å²) in [6.45, 7) is 4.30. The molecule has 0 saturated heterocycles. The lowest BCUT2D eigenvalue weighted by molar-refractivity contribution is 0.0526. The Kier molecular flexibility index (Phi) is 6.35. The van der Waals surface area contributed by atoms with Gasteiger partial charge in [-0.15, -0.1) is 11.3 Å². The van der Waals surface area contributed by atoms with Crippen molar-refractivity contribution in [1.29, 1.82) is 0 Å². The third-order valence-corrected chi connectivity index (χ3v) is 6.49. The predicted octanol–water partition coefficient (Wildman–Crippen LogP) is 6.71. The highest BCUT2D eigenvalue weighted by Gasteiger charge is 2.07. The van der Waals surface area contributed by atoms with E-state index in [9.17, 15) is 4.79 Å². The second-order valence-electron chi connectivity index (χ2n) is 6.88. The van der Waals surface area contributed by atoms with Crippen molar-refractivity contribution in [2.24, 2.45) is 0 Å². The van der Waals surface area contributed by atoms with E-state index in [-0.39, 0.29) is 5.97 Å². The number of benzene rings is 3. The van der Waals surface area contributed by atoms with Crippen LogP contribution in [0.4, 0.5) is 5.69 Å². The van der Waals surface area contributed by atoms with Gasteiger partial charge in [-0.3, -0.25) is 0 Å². The van der Waals surface area contributed by atoms with Crippen LogP contribution in [0.5, 0.6) is 0 Å². The van der Waals surface area contributed by atoms with Gasteiger partial charge >= 0.3 is 5.97 Å². The molecule has 3 aromatic carbocycles. The van der Waals surface area contributed by atoms with Crippen molar-refractivity contribution >= 4 is 45.2 Å². The van der Waals surface area contributed by atoms with Crippen molar-refractivity contribution in [3.8, 4) is 10.6 Å². The van der Waals surface area contributed by atoms with Gasteiger partial charge in [-0.25, -0.2) is 9.78 Å². The zero-order chi connectivity index (χ0) is 20.9. The van der Waals surface area contributed by atoms with Crippen molar-refractivity contribution in [3.63, 3.8) is 0 Å². The minimum atomic E-state index is -0.279. The second-order valence-corrected chi connectivity index (χ2v) is 8.69. The number of hydrogen-bond donors (Lipinski definition) is 1. The van der Waals surface area contributed by atoms with Gasteiger partial charge in [0.1, 0.15) is 5.01 Å². The standard InChI is InChI=1S/C24H22N2O2S2/c1-3-28-24(27)19-7-5-17(6-8-19)15-29-26-20-11-9-18(10-12-20)23-25-21-13-4-16(2)14-22(21)30-23/h4-14,26H,3,15H2,1-2H3. The maximum Gasteiger partial charge on any atom is 0.338 e. The summed E-state index contributed by atoms with van der Waals surface area (Å²) in [5.74, 6) is 0.514. The molecular formula is C24H22N2O2S2. The Morgan fingerprint density at radius 3 is 2.57 bits per heavy atom. The lowest BCUT2D eigenvalue weighted by atomic mass is 10.1. The molecule has 4 nitrogen and oxygen atoms in total. The Labute approximate surface area is 184 Å². The van der Waals surface area contributed by atoms with Crippen LogP contribution in [-0.4, -0.2) is 17.6 Å². The monoisotopic (exact) mass is 434 g/mol. The summed E-state index contributed by atoms with van der Waals surface area (Å²) in [5.41, 5.74) is 6.20. The van der Waals surface area contributed by atoms with Crippen LogP contribution < -0.4 is 4.72 Å². The van der Waals surface area contributed by atoms with E-state index in [2.05, 4.69) is 54.1 Å². The van der Waals surface area contributed by atoms with Gasteiger partial charge in [0.25, 0.3) is 0 Å². The van der Waals surface area contributed by atoms with E-state index in [1.807, 2.05) is 24.3 Å². The molecule has 0 unspecified atom stereocenters. The topological polar surface area (TPSA) is 51.2 Å². The number of anilines is 1. The Bertz CT molecular complexity index is 1150. The number of rotatable bonds is 7. The van der Waals surface area contributed by atoms with E-state index in [0.29, 0.717) is 12.2 Å². The molecule has 1 heterocycles. The average Bonchev–Trinajstić information content (AvgIpc) is 3.18. The van der Waals surface area contributed by atoms with E-state index in [1.54, 1.807) is 30.2 Å². The summed E-state index contributed by atoms with van der Waals surface area (Å²) in [5, 5.41) is 1.04. The highest BCUT2D eigenvalue weighted by Crippen LogP contribution is 2.31. The van der Waals surface area contributed by atoms with Gasteiger partial charge in [0, 0.05) is 17.0 Å². The molecule has 0 atom stereocenters. The molecule has 0 fully saturated rings. The van der Waals surface area contributed by atoms with Gasteiger partial charge < -0.3 is 9.46 Å². The highest BCUT2D eigenvalue weighted by atomic mass is 32.2. The fourth-order valence-corrected chi connectivity index (χ4v) is 4.79. The van der Waals surface area contributed by atoms with Crippen LogP contribution in [0, 0.1) is 6.92 Å². The number of fused-ring (bicyclic) bond motifs is 1. The van der Waals surface area contributed by atoms with Gasteiger partial charge in [0.05, 0.1) is 22.4 Å². The minimum absolute atomic E-state index is 0.279. The number of nitrogens with zero attached hydrogens (tertiary/aromatic N) is 1. The summed E-state index contributed by atoms with van der Waals surface area (Å²) in [4.78, 5) is 16.5. The molecule has 6 heteroatoms. The van der Waals surface area contributed by atoms with Crippen LogP contribution in [0.25, 0.3) is 20.8 Å². The van der Waals surface area contributed by atoms with Gasteiger partial charge in [0.2, 0.25) is 0 Å². The first-order chi connectivity index (χ1) is 14.6. The summed E-state index contributed by atoms with van der Waals surface area (Å²) in [7, 11) is 0. The molecule has 1 aromatic heterocycles. The number of carbonyl (C=O) groups excluding carboxylic acids is 1. The van der Waals surface area contributed by atoms with Crippen LogP contribution in [-0.2, 0) is 10.5 Å². The van der Waals surface area contributed by atoms with Gasteiger partial charge in [-0.05, 0) is 85.5 Å². The molecule has 152 valence electrons. The summed E-state index contributed by atoms with van der Waals surface area (Å²) < 4.78 is 9.60. The maximum absolute atomic E-state index is 11.7. The zero-order valence-corrected chi connectivity index (χ0v) is 18.5. The van der Waals surface area contributed by atoms with Gasteiger partial charge in [0.15, 0.2) is 0 Å². The first-order valence-electron chi connectivity index (χ1n) is 9.74.